The molecule has 0 spiro atoms. The molecule has 0 saturated carbocycles. The molecule has 0 aliphatic carbocycles. The molecule has 0 fully saturated rings. The van der Waals surface area contributed by atoms with Gasteiger partial charge >= 0.3 is 12.6 Å². The summed E-state index contributed by atoms with van der Waals surface area (Å²) in [5.41, 5.74) is 5.32. The number of halogens is 3. The van der Waals surface area contributed by atoms with E-state index in [1.807, 2.05) is 0 Å². The van der Waals surface area contributed by atoms with Crippen molar-refractivity contribution >= 4 is 22.9 Å². The number of ether oxygens (including phenoxy) is 1. The lowest BCUT2D eigenvalue weighted by Crippen LogP contribution is -2.46. The van der Waals surface area contributed by atoms with Gasteiger partial charge in [0.05, 0.1) is 7.11 Å². The summed E-state index contributed by atoms with van der Waals surface area (Å²) in [4.78, 5) is 11.0. The maximum absolute atomic E-state index is 11.8. The number of nitrogens with zero attached hydrogens (tertiary/aromatic N) is 3. The van der Waals surface area contributed by atoms with E-state index in [-0.39, 0.29) is 11.3 Å². The molecule has 80 valence electrons. The van der Waals surface area contributed by atoms with Gasteiger partial charge in [0.1, 0.15) is 0 Å². The van der Waals surface area contributed by atoms with Crippen LogP contribution >= 0.6 is 11.6 Å². The number of hydrogen-bond acceptors (Lipinski definition) is 6. The topological polar surface area (TPSA) is 72.4 Å². The molecule has 14 heavy (non-hydrogen) atoms. The second-order valence-corrected chi connectivity index (χ2v) is 2.44. The normalized spacial score (nSPS) is 22.1. The Morgan fingerprint density at radius 2 is 2.29 bits per heavy atom. The van der Waals surface area contributed by atoms with E-state index >= 15 is 0 Å². The molecule has 0 radical (unpaired) electrons. The molecular formula is C5H7ClF2N4O2. The number of methoxy groups -OCH3 is 1. The summed E-state index contributed by atoms with van der Waals surface area (Å²) in [6, 6.07) is -0.100. The van der Waals surface area contributed by atoms with Gasteiger partial charge in [-0.3, -0.25) is 5.73 Å². The molecule has 0 aromatic carbocycles. The van der Waals surface area contributed by atoms with Crippen molar-refractivity contribution in [3.63, 3.8) is 0 Å². The molecule has 1 aliphatic heterocycles. The van der Waals surface area contributed by atoms with Crippen molar-refractivity contribution in [2.24, 2.45) is 15.7 Å². The Morgan fingerprint density at radius 3 is 2.71 bits per heavy atom. The summed E-state index contributed by atoms with van der Waals surface area (Å²) in [6.07, 6.45) is -1.20. The third kappa shape index (κ3) is 2.50. The van der Waals surface area contributed by atoms with Crippen molar-refractivity contribution < 1.29 is 18.4 Å². The summed E-state index contributed by atoms with van der Waals surface area (Å²) in [5, 5.41) is 0.110. The van der Waals surface area contributed by atoms with Gasteiger partial charge in [0, 0.05) is 0 Å². The molecule has 1 atom stereocenters. The fraction of sp³-hybridized carbons (Fsp3) is 0.600. The number of amidine groups is 2. The number of hydroxylamine groups is 2. The van der Waals surface area contributed by atoms with Crippen LogP contribution in [0.4, 0.5) is 8.78 Å². The van der Waals surface area contributed by atoms with Crippen LogP contribution in [0.5, 0.6) is 0 Å². The molecule has 1 unspecified atom stereocenters. The molecular weight excluding hydrogens is 222 g/mol. The van der Waals surface area contributed by atoms with Crippen molar-refractivity contribution in [1.29, 1.82) is 0 Å². The van der Waals surface area contributed by atoms with Crippen molar-refractivity contribution in [1.82, 2.24) is 5.06 Å². The van der Waals surface area contributed by atoms with Gasteiger partial charge in [-0.05, 0) is 11.6 Å². The fourth-order valence-electron chi connectivity index (χ4n) is 0.722. The molecule has 6 nitrogen and oxygen atoms in total. The Morgan fingerprint density at radius 1 is 1.64 bits per heavy atom. The number of nitrogens with two attached hydrogens (primary N) is 1. The summed E-state index contributed by atoms with van der Waals surface area (Å²) in [5.74, 6) is 0. The standard InChI is InChI=1S/C5H7ClF2N4O2/c1-13-5-10-2(6)12(4(9)11-5)14-3(7)8/h3-4H,9H2,1H3. The molecule has 0 saturated heterocycles. The van der Waals surface area contributed by atoms with Crippen LogP contribution in [-0.2, 0) is 9.57 Å². The second kappa shape index (κ2) is 4.49. The molecule has 0 bridgehead atoms. The highest BCUT2D eigenvalue weighted by Crippen LogP contribution is 2.12. The average Bonchev–Trinajstić information content (AvgIpc) is 2.10. The molecule has 2 N–H and O–H groups in total. The third-order valence-corrected chi connectivity index (χ3v) is 1.48. The fourth-order valence-corrected chi connectivity index (χ4v) is 0.934. The van der Waals surface area contributed by atoms with Crippen molar-refractivity contribution in [3.8, 4) is 0 Å². The lowest BCUT2D eigenvalue weighted by molar-refractivity contribution is -0.261. The minimum absolute atomic E-state index is 0.100. The Bertz CT molecular complexity index is 272. The van der Waals surface area contributed by atoms with E-state index in [1.54, 1.807) is 0 Å². The van der Waals surface area contributed by atoms with Gasteiger partial charge in [0.15, 0.2) is 0 Å². The minimum atomic E-state index is -3.05. The van der Waals surface area contributed by atoms with Gasteiger partial charge in [-0.25, -0.2) is 0 Å². The van der Waals surface area contributed by atoms with Gasteiger partial charge in [0.25, 0.3) is 0 Å². The maximum atomic E-state index is 11.8. The first kappa shape index (κ1) is 11.1. The SMILES string of the molecule is COC1=NC(N)N(OC(F)F)C(Cl)=N1. The van der Waals surface area contributed by atoms with Gasteiger partial charge in [-0.2, -0.15) is 28.7 Å². The first-order valence-corrected chi connectivity index (χ1v) is 3.78. The van der Waals surface area contributed by atoms with E-state index in [1.165, 1.54) is 7.11 Å². The van der Waals surface area contributed by atoms with E-state index in [0.29, 0.717) is 5.06 Å². The van der Waals surface area contributed by atoms with Crippen LogP contribution in [-0.4, -0.2) is 36.4 Å². The quantitative estimate of drug-likeness (QED) is 0.690. The third-order valence-electron chi connectivity index (χ3n) is 1.23. The lowest BCUT2D eigenvalue weighted by atomic mass is 10.7. The van der Waals surface area contributed by atoms with Gasteiger partial charge in [-0.1, -0.05) is 0 Å². The highest BCUT2D eigenvalue weighted by Gasteiger charge is 2.27. The molecule has 1 rings (SSSR count). The predicted octanol–water partition coefficient (Wildman–Crippen LogP) is 0.296. The zero-order valence-corrected chi connectivity index (χ0v) is 7.78. The number of alkyl halides is 2. The van der Waals surface area contributed by atoms with Gasteiger partial charge in [0.2, 0.25) is 11.6 Å². The van der Waals surface area contributed by atoms with Crippen LogP contribution in [0.25, 0.3) is 0 Å². The van der Waals surface area contributed by atoms with Gasteiger partial charge in [-0.15, -0.1) is 0 Å². The summed E-state index contributed by atoms with van der Waals surface area (Å²) in [7, 11) is 1.29. The van der Waals surface area contributed by atoms with E-state index in [2.05, 4.69) is 19.6 Å². The van der Waals surface area contributed by atoms with E-state index in [0.717, 1.165) is 0 Å². The highest BCUT2D eigenvalue weighted by atomic mass is 35.5. The Labute approximate surface area is 82.9 Å². The smallest absolute Gasteiger partial charge is 0.365 e. The molecule has 0 aromatic heterocycles. The predicted molar refractivity (Wildman–Crippen MR) is 44.6 cm³/mol. The Kier molecular flexibility index (Phi) is 3.55. The van der Waals surface area contributed by atoms with Crippen LogP contribution in [0.3, 0.4) is 0 Å². The van der Waals surface area contributed by atoms with Crippen LogP contribution < -0.4 is 5.73 Å². The number of rotatable bonds is 2. The molecule has 1 heterocycles. The summed E-state index contributed by atoms with van der Waals surface area (Å²) < 4.78 is 28.3. The first-order valence-electron chi connectivity index (χ1n) is 3.40. The lowest BCUT2D eigenvalue weighted by Gasteiger charge is -2.26. The zero-order valence-electron chi connectivity index (χ0n) is 7.02. The highest BCUT2D eigenvalue weighted by molar-refractivity contribution is 6.65. The molecule has 0 aromatic rings. The average molecular weight is 229 g/mol. The van der Waals surface area contributed by atoms with Crippen LogP contribution in [0.2, 0.25) is 0 Å². The van der Waals surface area contributed by atoms with Crippen LogP contribution in [0.1, 0.15) is 0 Å². The van der Waals surface area contributed by atoms with Crippen molar-refractivity contribution in [2.45, 2.75) is 12.9 Å². The van der Waals surface area contributed by atoms with Gasteiger partial charge < -0.3 is 4.74 Å². The van der Waals surface area contributed by atoms with E-state index < -0.39 is 12.9 Å². The zero-order chi connectivity index (χ0) is 10.7. The van der Waals surface area contributed by atoms with Crippen molar-refractivity contribution in [3.05, 3.63) is 0 Å². The van der Waals surface area contributed by atoms with Crippen molar-refractivity contribution in [2.75, 3.05) is 7.11 Å². The monoisotopic (exact) mass is 228 g/mol. The largest absolute Gasteiger partial charge is 0.467 e. The minimum Gasteiger partial charge on any atom is -0.467 e. The molecule has 0 amide bonds. The molecule has 9 heteroatoms. The number of hydrogen-bond donors (Lipinski definition) is 1. The second-order valence-electron chi connectivity index (χ2n) is 2.10. The van der Waals surface area contributed by atoms with Crippen LogP contribution in [0.15, 0.2) is 9.98 Å². The first-order chi connectivity index (χ1) is 6.54. The van der Waals surface area contributed by atoms with E-state index in [9.17, 15) is 8.78 Å². The van der Waals surface area contributed by atoms with E-state index in [4.69, 9.17) is 17.3 Å². The maximum Gasteiger partial charge on any atom is 0.365 e. The van der Waals surface area contributed by atoms with Crippen LogP contribution in [0, 0.1) is 0 Å². The Hall–Kier alpha value is -0.990. The molecule has 1 aliphatic rings. The Balaban J connectivity index is 2.74. The number of aliphatic imine (C=N–C) groups is 2. The summed E-state index contributed by atoms with van der Waals surface area (Å²) >= 11 is 5.47. The summed E-state index contributed by atoms with van der Waals surface area (Å²) in [6.45, 7) is -3.05.